The van der Waals surface area contributed by atoms with Crippen molar-refractivity contribution in [2.75, 3.05) is 19.7 Å². The van der Waals surface area contributed by atoms with Crippen molar-refractivity contribution in [3.63, 3.8) is 0 Å². The Morgan fingerprint density at radius 1 is 1.50 bits per heavy atom. The Morgan fingerprint density at radius 3 is 2.88 bits per heavy atom. The lowest BCUT2D eigenvalue weighted by atomic mass is 9.78. The second-order valence-electron chi connectivity index (χ2n) is 5.50. The molecule has 1 amide bonds. The molecule has 0 aromatic heterocycles. The Bertz CT molecular complexity index is 272. The number of amides is 1. The Kier molecular flexibility index (Phi) is 3.22. The van der Waals surface area contributed by atoms with E-state index in [0.29, 0.717) is 0 Å². The maximum atomic E-state index is 12.2. The minimum absolute atomic E-state index is 0.0132. The van der Waals surface area contributed by atoms with Crippen LogP contribution in [-0.2, 0) is 9.53 Å². The van der Waals surface area contributed by atoms with Gasteiger partial charge in [0.1, 0.15) is 0 Å². The lowest BCUT2D eigenvalue weighted by Crippen LogP contribution is -2.57. The molecule has 0 aliphatic carbocycles. The first kappa shape index (κ1) is 11.9. The molecule has 2 rings (SSSR count). The summed E-state index contributed by atoms with van der Waals surface area (Å²) in [5, 5.41) is 0. The third-order valence-electron chi connectivity index (χ3n) is 3.92. The molecular weight excluding hydrogens is 204 g/mol. The molecule has 4 heteroatoms. The number of carbonyl (C=O) groups excluding carboxylic acids is 1. The first-order chi connectivity index (χ1) is 7.51. The average Bonchev–Trinajstić information content (AvgIpc) is 2.73. The van der Waals surface area contributed by atoms with Gasteiger partial charge in [0.05, 0.1) is 11.5 Å². The number of nitrogens with two attached hydrogens (primary N) is 1. The van der Waals surface area contributed by atoms with Crippen molar-refractivity contribution < 1.29 is 9.53 Å². The summed E-state index contributed by atoms with van der Waals surface area (Å²) in [7, 11) is 0. The molecule has 2 atom stereocenters. The molecule has 0 saturated carbocycles. The van der Waals surface area contributed by atoms with Gasteiger partial charge < -0.3 is 15.4 Å². The largest absolute Gasteiger partial charge is 0.376 e. The van der Waals surface area contributed by atoms with Gasteiger partial charge in [0, 0.05) is 25.7 Å². The molecule has 2 fully saturated rings. The van der Waals surface area contributed by atoms with Gasteiger partial charge >= 0.3 is 0 Å². The number of likely N-dealkylation sites (tertiary alicyclic amines) is 1. The van der Waals surface area contributed by atoms with Gasteiger partial charge in [0.15, 0.2) is 0 Å². The maximum absolute atomic E-state index is 12.2. The van der Waals surface area contributed by atoms with Gasteiger partial charge in [-0.25, -0.2) is 0 Å². The van der Waals surface area contributed by atoms with Crippen LogP contribution in [-0.4, -0.2) is 42.6 Å². The zero-order valence-electron chi connectivity index (χ0n) is 10.2. The van der Waals surface area contributed by atoms with E-state index in [4.69, 9.17) is 10.5 Å². The molecule has 2 aliphatic rings. The molecule has 2 heterocycles. The predicted octanol–water partition coefficient (Wildman–Crippen LogP) is 0.751. The topological polar surface area (TPSA) is 55.6 Å². The van der Waals surface area contributed by atoms with E-state index in [2.05, 4.69) is 0 Å². The van der Waals surface area contributed by atoms with Crippen LogP contribution in [0.1, 0.15) is 33.1 Å². The number of ether oxygens (including phenoxy) is 1. The maximum Gasteiger partial charge on any atom is 0.229 e. The van der Waals surface area contributed by atoms with Crippen molar-refractivity contribution in [3.8, 4) is 0 Å². The molecule has 2 aliphatic heterocycles. The summed E-state index contributed by atoms with van der Waals surface area (Å²) in [6.45, 7) is 6.26. The Hall–Kier alpha value is -0.610. The molecule has 0 aromatic rings. The van der Waals surface area contributed by atoms with Crippen LogP contribution in [0.15, 0.2) is 0 Å². The van der Waals surface area contributed by atoms with E-state index in [9.17, 15) is 4.79 Å². The quantitative estimate of drug-likeness (QED) is 0.756. The number of piperidine rings is 1. The fraction of sp³-hybridized carbons (Fsp3) is 0.917. The monoisotopic (exact) mass is 226 g/mol. The molecule has 0 bridgehead atoms. The first-order valence-corrected chi connectivity index (χ1v) is 6.18. The van der Waals surface area contributed by atoms with E-state index in [1.807, 2.05) is 18.7 Å². The van der Waals surface area contributed by atoms with Gasteiger partial charge in [-0.15, -0.1) is 0 Å². The van der Waals surface area contributed by atoms with Crippen LogP contribution in [0.5, 0.6) is 0 Å². The predicted molar refractivity (Wildman–Crippen MR) is 61.9 cm³/mol. The van der Waals surface area contributed by atoms with Crippen LogP contribution in [0.25, 0.3) is 0 Å². The summed E-state index contributed by atoms with van der Waals surface area (Å²) < 4.78 is 5.57. The van der Waals surface area contributed by atoms with Crippen molar-refractivity contribution in [2.24, 2.45) is 11.1 Å². The summed E-state index contributed by atoms with van der Waals surface area (Å²) in [6, 6.07) is -0.0132. The highest BCUT2D eigenvalue weighted by atomic mass is 16.5. The molecule has 2 unspecified atom stereocenters. The highest BCUT2D eigenvalue weighted by molar-refractivity contribution is 5.83. The number of carbonyl (C=O) groups is 1. The van der Waals surface area contributed by atoms with Gasteiger partial charge in [0.2, 0.25) is 5.91 Å². The fourth-order valence-corrected chi connectivity index (χ4v) is 2.53. The van der Waals surface area contributed by atoms with Crippen LogP contribution >= 0.6 is 0 Å². The van der Waals surface area contributed by atoms with E-state index in [0.717, 1.165) is 39.0 Å². The van der Waals surface area contributed by atoms with Crippen LogP contribution in [0.3, 0.4) is 0 Å². The van der Waals surface area contributed by atoms with Crippen LogP contribution in [0, 0.1) is 5.41 Å². The van der Waals surface area contributed by atoms with E-state index in [1.165, 1.54) is 0 Å². The van der Waals surface area contributed by atoms with Gasteiger partial charge in [-0.1, -0.05) is 0 Å². The highest BCUT2D eigenvalue weighted by Gasteiger charge is 2.42. The number of rotatable bonds is 2. The first-order valence-electron chi connectivity index (χ1n) is 6.18. The summed E-state index contributed by atoms with van der Waals surface area (Å²) in [5.41, 5.74) is 5.57. The second kappa shape index (κ2) is 4.34. The average molecular weight is 226 g/mol. The third-order valence-corrected chi connectivity index (χ3v) is 3.92. The van der Waals surface area contributed by atoms with Crippen molar-refractivity contribution in [3.05, 3.63) is 0 Å². The fourth-order valence-electron chi connectivity index (χ4n) is 2.53. The van der Waals surface area contributed by atoms with E-state index >= 15 is 0 Å². The van der Waals surface area contributed by atoms with Crippen molar-refractivity contribution >= 4 is 5.91 Å². The molecule has 2 N–H and O–H groups in total. The minimum atomic E-state index is -0.420. The lowest BCUT2D eigenvalue weighted by Gasteiger charge is -2.42. The SMILES string of the molecule is CC1(C)C(=O)N(CC2CCCO2)CCC1N. The standard InChI is InChI=1S/C12H22N2O2/c1-12(2)10(13)5-6-14(11(12)15)8-9-4-3-7-16-9/h9-10H,3-8,13H2,1-2H3. The van der Waals surface area contributed by atoms with Gasteiger partial charge in [-0.2, -0.15) is 0 Å². The Labute approximate surface area is 97.1 Å². The number of nitrogens with zero attached hydrogens (tertiary/aromatic N) is 1. The summed E-state index contributed by atoms with van der Waals surface area (Å²) in [6.07, 6.45) is 3.34. The summed E-state index contributed by atoms with van der Waals surface area (Å²) in [5.74, 6) is 0.182. The van der Waals surface area contributed by atoms with Gasteiger partial charge in [-0.05, 0) is 33.1 Å². The summed E-state index contributed by atoms with van der Waals surface area (Å²) in [4.78, 5) is 14.2. The molecule has 92 valence electrons. The molecule has 0 radical (unpaired) electrons. The van der Waals surface area contributed by atoms with Crippen LogP contribution < -0.4 is 5.73 Å². The highest BCUT2D eigenvalue weighted by Crippen LogP contribution is 2.30. The van der Waals surface area contributed by atoms with Gasteiger partial charge in [-0.3, -0.25) is 4.79 Å². The molecule has 16 heavy (non-hydrogen) atoms. The van der Waals surface area contributed by atoms with Crippen molar-refractivity contribution in [2.45, 2.75) is 45.3 Å². The molecular formula is C12H22N2O2. The number of hydrogen-bond acceptors (Lipinski definition) is 3. The second-order valence-corrected chi connectivity index (χ2v) is 5.50. The van der Waals surface area contributed by atoms with Crippen LogP contribution in [0.2, 0.25) is 0 Å². The van der Waals surface area contributed by atoms with Crippen molar-refractivity contribution in [1.29, 1.82) is 0 Å². The van der Waals surface area contributed by atoms with Crippen molar-refractivity contribution in [1.82, 2.24) is 4.90 Å². The minimum Gasteiger partial charge on any atom is -0.376 e. The zero-order valence-corrected chi connectivity index (χ0v) is 10.2. The Balaban J connectivity index is 1.97. The van der Waals surface area contributed by atoms with E-state index in [1.54, 1.807) is 0 Å². The normalized spacial score (nSPS) is 34.4. The van der Waals surface area contributed by atoms with E-state index < -0.39 is 5.41 Å². The molecule has 0 aromatic carbocycles. The third kappa shape index (κ3) is 2.09. The molecule has 0 spiro atoms. The summed E-state index contributed by atoms with van der Waals surface area (Å²) >= 11 is 0. The zero-order chi connectivity index (χ0) is 11.8. The van der Waals surface area contributed by atoms with Crippen LogP contribution in [0.4, 0.5) is 0 Å². The van der Waals surface area contributed by atoms with Gasteiger partial charge in [0.25, 0.3) is 0 Å². The smallest absolute Gasteiger partial charge is 0.229 e. The van der Waals surface area contributed by atoms with E-state index in [-0.39, 0.29) is 18.1 Å². The molecule has 2 saturated heterocycles. The number of hydrogen-bond donors (Lipinski definition) is 1. The lowest BCUT2D eigenvalue weighted by molar-refractivity contribution is -0.147. The Morgan fingerprint density at radius 2 is 2.25 bits per heavy atom. The molecule has 4 nitrogen and oxygen atoms in total.